The lowest BCUT2D eigenvalue weighted by Gasteiger charge is -2.24. The SMILES string of the molecule is C=C/C=C(\C=C/C)C1c2c(ccc3c2CCNCC3)CC1(F)F. The molecule has 122 valence electrons. The van der Waals surface area contributed by atoms with E-state index in [2.05, 4.69) is 11.9 Å². The summed E-state index contributed by atoms with van der Waals surface area (Å²) in [7, 11) is 0. The lowest BCUT2D eigenvalue weighted by Crippen LogP contribution is -2.24. The zero-order chi connectivity index (χ0) is 16.4. The van der Waals surface area contributed by atoms with E-state index < -0.39 is 11.8 Å². The highest BCUT2D eigenvalue weighted by Gasteiger charge is 2.49. The van der Waals surface area contributed by atoms with Gasteiger partial charge in [0.2, 0.25) is 0 Å². The number of rotatable bonds is 3. The molecule has 1 aromatic carbocycles. The maximum absolute atomic E-state index is 14.8. The van der Waals surface area contributed by atoms with Crippen molar-refractivity contribution in [1.29, 1.82) is 0 Å². The molecule has 2 aliphatic rings. The molecule has 0 saturated heterocycles. The van der Waals surface area contributed by atoms with Crippen molar-refractivity contribution >= 4 is 0 Å². The molecule has 0 bridgehead atoms. The van der Waals surface area contributed by atoms with Crippen molar-refractivity contribution < 1.29 is 8.78 Å². The number of benzene rings is 1. The van der Waals surface area contributed by atoms with Gasteiger partial charge in [0.1, 0.15) is 0 Å². The number of halogens is 2. The fourth-order valence-electron chi connectivity index (χ4n) is 3.92. The number of hydrogen-bond donors (Lipinski definition) is 1. The molecular formula is C20H23F2N. The Balaban J connectivity index is 2.19. The molecule has 1 unspecified atom stereocenters. The Labute approximate surface area is 136 Å². The van der Waals surface area contributed by atoms with Gasteiger partial charge in [-0.25, -0.2) is 8.78 Å². The van der Waals surface area contributed by atoms with E-state index in [0.29, 0.717) is 5.57 Å². The molecule has 1 aromatic rings. The van der Waals surface area contributed by atoms with E-state index in [1.54, 1.807) is 18.2 Å². The zero-order valence-electron chi connectivity index (χ0n) is 13.5. The summed E-state index contributed by atoms with van der Waals surface area (Å²) in [5.74, 6) is -3.61. The summed E-state index contributed by atoms with van der Waals surface area (Å²) in [6.45, 7) is 7.32. The molecule has 0 amide bonds. The normalized spacial score (nSPS) is 23.4. The van der Waals surface area contributed by atoms with Crippen LogP contribution in [0.15, 0.2) is 48.6 Å². The second kappa shape index (κ2) is 6.40. The van der Waals surface area contributed by atoms with Crippen molar-refractivity contribution in [2.75, 3.05) is 13.1 Å². The lowest BCUT2D eigenvalue weighted by molar-refractivity contribution is -0.00390. The Hall–Kier alpha value is -1.74. The van der Waals surface area contributed by atoms with Gasteiger partial charge in [-0.1, -0.05) is 43.0 Å². The van der Waals surface area contributed by atoms with Crippen LogP contribution in [0, 0.1) is 0 Å². The summed E-state index contributed by atoms with van der Waals surface area (Å²) in [4.78, 5) is 0. The van der Waals surface area contributed by atoms with Gasteiger partial charge < -0.3 is 5.32 Å². The van der Waals surface area contributed by atoms with E-state index in [-0.39, 0.29) is 6.42 Å². The Kier molecular flexibility index (Phi) is 4.49. The predicted molar refractivity (Wildman–Crippen MR) is 91.2 cm³/mol. The van der Waals surface area contributed by atoms with Gasteiger partial charge in [0.15, 0.2) is 0 Å². The molecule has 0 radical (unpaired) electrons. The fraction of sp³-hybridized carbons (Fsp3) is 0.400. The second-order valence-corrected chi connectivity index (χ2v) is 6.30. The molecule has 0 fully saturated rings. The minimum atomic E-state index is -2.74. The predicted octanol–water partition coefficient (Wildman–Crippen LogP) is 4.34. The van der Waals surface area contributed by atoms with Crippen molar-refractivity contribution in [3.05, 3.63) is 70.8 Å². The van der Waals surface area contributed by atoms with E-state index in [1.165, 1.54) is 5.56 Å². The van der Waals surface area contributed by atoms with E-state index >= 15 is 0 Å². The first-order chi connectivity index (χ1) is 11.1. The average molecular weight is 315 g/mol. The Morgan fingerprint density at radius 3 is 2.74 bits per heavy atom. The largest absolute Gasteiger partial charge is 0.316 e. The van der Waals surface area contributed by atoms with Crippen molar-refractivity contribution in [2.24, 2.45) is 0 Å². The highest BCUT2D eigenvalue weighted by molar-refractivity contribution is 5.54. The molecule has 1 atom stereocenters. The molecule has 3 rings (SSSR count). The third kappa shape index (κ3) is 2.90. The molecule has 1 heterocycles. The monoisotopic (exact) mass is 315 g/mol. The van der Waals surface area contributed by atoms with Crippen LogP contribution in [0.4, 0.5) is 8.78 Å². The number of alkyl halides is 2. The van der Waals surface area contributed by atoms with Gasteiger partial charge in [0.05, 0.1) is 5.92 Å². The van der Waals surface area contributed by atoms with Gasteiger partial charge in [-0.15, -0.1) is 0 Å². The number of nitrogens with one attached hydrogen (secondary N) is 1. The number of allylic oxidation sites excluding steroid dienone is 5. The van der Waals surface area contributed by atoms with Crippen LogP contribution in [0.5, 0.6) is 0 Å². The van der Waals surface area contributed by atoms with E-state index in [1.807, 2.05) is 25.1 Å². The van der Waals surface area contributed by atoms with Gasteiger partial charge in [0.25, 0.3) is 5.92 Å². The lowest BCUT2D eigenvalue weighted by atomic mass is 9.84. The summed E-state index contributed by atoms with van der Waals surface area (Å²) in [5.41, 5.74) is 4.67. The zero-order valence-corrected chi connectivity index (χ0v) is 13.5. The molecule has 1 aliphatic heterocycles. The highest BCUT2D eigenvalue weighted by Crippen LogP contribution is 2.51. The molecular weight excluding hydrogens is 292 g/mol. The molecule has 1 nitrogen and oxygen atoms in total. The van der Waals surface area contributed by atoms with Crippen LogP contribution in [0.1, 0.15) is 35.1 Å². The highest BCUT2D eigenvalue weighted by atomic mass is 19.3. The van der Waals surface area contributed by atoms with Gasteiger partial charge in [-0.3, -0.25) is 0 Å². The van der Waals surface area contributed by atoms with E-state index in [4.69, 9.17) is 0 Å². The molecule has 0 aromatic heterocycles. The minimum absolute atomic E-state index is 0.167. The molecule has 0 saturated carbocycles. The number of fused-ring (bicyclic) bond motifs is 3. The van der Waals surface area contributed by atoms with Crippen molar-refractivity contribution in [3.8, 4) is 0 Å². The Morgan fingerprint density at radius 1 is 1.26 bits per heavy atom. The maximum atomic E-state index is 14.8. The summed E-state index contributed by atoms with van der Waals surface area (Å²) >= 11 is 0. The van der Waals surface area contributed by atoms with Crippen LogP contribution >= 0.6 is 0 Å². The van der Waals surface area contributed by atoms with E-state index in [0.717, 1.165) is 42.6 Å². The van der Waals surface area contributed by atoms with Crippen LogP contribution in [0.3, 0.4) is 0 Å². The van der Waals surface area contributed by atoms with Crippen molar-refractivity contribution in [3.63, 3.8) is 0 Å². The third-order valence-corrected chi connectivity index (χ3v) is 4.81. The molecule has 1 aliphatic carbocycles. The van der Waals surface area contributed by atoms with Crippen molar-refractivity contribution in [2.45, 2.75) is 38.0 Å². The van der Waals surface area contributed by atoms with Crippen molar-refractivity contribution in [1.82, 2.24) is 5.32 Å². The van der Waals surface area contributed by atoms with Crippen LogP contribution in [0.25, 0.3) is 0 Å². The van der Waals surface area contributed by atoms with Gasteiger partial charge in [-0.2, -0.15) is 0 Å². The Bertz CT molecular complexity index is 670. The van der Waals surface area contributed by atoms with Crippen LogP contribution in [0.2, 0.25) is 0 Å². The first-order valence-electron chi connectivity index (χ1n) is 8.26. The quantitative estimate of drug-likeness (QED) is 0.818. The second-order valence-electron chi connectivity index (χ2n) is 6.30. The van der Waals surface area contributed by atoms with Gasteiger partial charge in [-0.05, 0) is 60.7 Å². The first-order valence-corrected chi connectivity index (χ1v) is 8.26. The molecule has 0 spiro atoms. The standard InChI is InChI=1S/C20H23F2N/c1-3-5-15(6-4-2)19-18-16(13-20(19,21)22)8-7-14-9-11-23-12-10-17(14)18/h3-8,19,23H,1,9-13H2,2H3/b6-4-,15-5+. The molecule has 23 heavy (non-hydrogen) atoms. The third-order valence-electron chi connectivity index (χ3n) is 4.81. The molecule has 1 N–H and O–H groups in total. The van der Waals surface area contributed by atoms with E-state index in [9.17, 15) is 8.78 Å². The summed E-state index contributed by atoms with van der Waals surface area (Å²) in [6.07, 6.45) is 8.51. The average Bonchev–Trinajstić information content (AvgIpc) is 2.65. The van der Waals surface area contributed by atoms with Gasteiger partial charge in [0, 0.05) is 6.42 Å². The van der Waals surface area contributed by atoms with Crippen LogP contribution < -0.4 is 5.32 Å². The maximum Gasteiger partial charge on any atom is 0.262 e. The first kappa shape index (κ1) is 16.1. The topological polar surface area (TPSA) is 12.0 Å². The Morgan fingerprint density at radius 2 is 2.00 bits per heavy atom. The molecule has 3 heteroatoms. The number of hydrogen-bond acceptors (Lipinski definition) is 1. The fourth-order valence-corrected chi connectivity index (χ4v) is 3.92. The van der Waals surface area contributed by atoms with Gasteiger partial charge >= 0.3 is 0 Å². The minimum Gasteiger partial charge on any atom is -0.316 e. The summed E-state index contributed by atoms with van der Waals surface area (Å²) in [6, 6.07) is 3.96. The van der Waals surface area contributed by atoms with Crippen LogP contribution in [-0.4, -0.2) is 19.0 Å². The smallest absolute Gasteiger partial charge is 0.262 e. The summed E-state index contributed by atoms with van der Waals surface area (Å²) < 4.78 is 29.7. The summed E-state index contributed by atoms with van der Waals surface area (Å²) in [5, 5.41) is 3.37. The van der Waals surface area contributed by atoms with Crippen LogP contribution in [-0.2, 0) is 19.3 Å².